The second-order valence-corrected chi connectivity index (χ2v) is 7.68. The number of aromatic nitrogens is 3. The molecule has 3 rings (SSSR count). The molecule has 3 aromatic rings. The number of benzene rings is 1. The Hall–Kier alpha value is -3.25. The lowest BCUT2D eigenvalue weighted by molar-refractivity contribution is -0.116. The van der Waals surface area contributed by atoms with E-state index in [4.69, 9.17) is 11.6 Å². The first-order valence-electron chi connectivity index (χ1n) is 10.9. The third kappa shape index (κ3) is 6.62. The van der Waals surface area contributed by atoms with Crippen LogP contribution in [0.2, 0.25) is 5.15 Å². The van der Waals surface area contributed by atoms with E-state index in [1.807, 2.05) is 13.0 Å². The Morgan fingerprint density at radius 2 is 1.91 bits per heavy atom. The van der Waals surface area contributed by atoms with Crippen LogP contribution in [0, 0.1) is 5.82 Å². The third-order valence-corrected chi connectivity index (χ3v) is 4.97. The smallest absolute Gasteiger partial charge is 0.252 e. The van der Waals surface area contributed by atoms with Gasteiger partial charge in [0.1, 0.15) is 11.0 Å². The Labute approximate surface area is 200 Å². The van der Waals surface area contributed by atoms with Gasteiger partial charge in [0.05, 0.1) is 23.6 Å². The molecule has 0 aliphatic heterocycles. The van der Waals surface area contributed by atoms with Crippen LogP contribution < -0.4 is 5.32 Å². The maximum absolute atomic E-state index is 13.3. The third-order valence-electron chi connectivity index (χ3n) is 4.76. The lowest BCUT2D eigenvalue weighted by Crippen LogP contribution is -2.29. The van der Waals surface area contributed by atoms with Gasteiger partial charge in [-0.05, 0) is 61.4 Å². The highest BCUT2D eigenvalue weighted by atomic mass is 35.5. The minimum Gasteiger partial charge on any atom is -0.345 e. The monoisotopic (exact) mass is 468 g/mol. The SMILES string of the molecule is C=Cc1c(/C(=C\C)C(=O)NC(CC)c2ccnc(Cl)c2)cnn1-c1ccc(F)cc1.CCC. The van der Waals surface area contributed by atoms with E-state index in [1.54, 1.807) is 54.4 Å². The molecule has 33 heavy (non-hydrogen) atoms. The molecule has 2 aromatic heterocycles. The second kappa shape index (κ2) is 12.7. The van der Waals surface area contributed by atoms with Crippen LogP contribution in [0.25, 0.3) is 17.3 Å². The van der Waals surface area contributed by atoms with E-state index in [-0.39, 0.29) is 17.8 Å². The van der Waals surface area contributed by atoms with Gasteiger partial charge in [-0.25, -0.2) is 14.1 Å². The van der Waals surface area contributed by atoms with Crippen LogP contribution >= 0.6 is 11.6 Å². The highest BCUT2D eigenvalue weighted by molar-refractivity contribution is 6.29. The largest absolute Gasteiger partial charge is 0.345 e. The number of pyridine rings is 1. The van der Waals surface area contributed by atoms with Crippen molar-refractivity contribution in [2.45, 2.75) is 46.6 Å². The molecule has 0 saturated carbocycles. The highest BCUT2D eigenvalue weighted by Crippen LogP contribution is 2.26. The summed E-state index contributed by atoms with van der Waals surface area (Å²) in [5, 5.41) is 7.81. The number of carbonyl (C=O) groups is 1. The molecule has 0 bridgehead atoms. The number of nitrogens with zero attached hydrogens (tertiary/aromatic N) is 3. The number of carbonyl (C=O) groups excluding carboxylic acids is 1. The van der Waals surface area contributed by atoms with E-state index < -0.39 is 0 Å². The zero-order valence-electron chi connectivity index (χ0n) is 19.5. The van der Waals surface area contributed by atoms with Crippen LogP contribution in [0.4, 0.5) is 4.39 Å². The average molecular weight is 469 g/mol. The Morgan fingerprint density at radius 1 is 1.24 bits per heavy atom. The molecule has 0 fully saturated rings. The maximum atomic E-state index is 13.3. The van der Waals surface area contributed by atoms with Crippen molar-refractivity contribution in [3.05, 3.63) is 89.2 Å². The molecule has 1 amide bonds. The molecule has 7 heteroatoms. The highest BCUT2D eigenvalue weighted by Gasteiger charge is 2.21. The zero-order chi connectivity index (χ0) is 24.4. The van der Waals surface area contributed by atoms with Crippen molar-refractivity contribution in [1.82, 2.24) is 20.1 Å². The number of amides is 1. The Kier molecular flexibility index (Phi) is 10.0. The van der Waals surface area contributed by atoms with Crippen molar-refractivity contribution >= 4 is 29.2 Å². The number of nitrogens with one attached hydrogen (secondary N) is 1. The fourth-order valence-corrected chi connectivity index (χ4v) is 3.43. The average Bonchev–Trinajstić information content (AvgIpc) is 3.22. The predicted octanol–water partition coefficient (Wildman–Crippen LogP) is 6.79. The van der Waals surface area contributed by atoms with Crippen LogP contribution in [0.15, 0.2) is 61.4 Å². The van der Waals surface area contributed by atoms with E-state index in [0.717, 1.165) is 5.56 Å². The van der Waals surface area contributed by atoms with E-state index in [0.29, 0.717) is 34.1 Å². The minimum absolute atomic E-state index is 0.215. The van der Waals surface area contributed by atoms with Gasteiger partial charge in [-0.1, -0.05) is 51.4 Å². The molecule has 0 aliphatic carbocycles. The van der Waals surface area contributed by atoms with Gasteiger partial charge < -0.3 is 5.32 Å². The molecule has 174 valence electrons. The standard InChI is InChI=1S/C23H22ClFN4O.C3H8/c1-4-18(23(30)28-20(5-2)15-11-12-26-22(24)13-15)19-14-27-29(21(19)6-3)17-9-7-16(25)8-10-17;1-3-2/h4,6-14,20H,3,5H2,1-2H3,(H,28,30);3H2,1-2H3/b18-4+;. The normalized spacial score (nSPS) is 11.9. The quantitative estimate of drug-likeness (QED) is 0.306. The first-order chi connectivity index (χ1) is 15.9. The first-order valence-corrected chi connectivity index (χ1v) is 11.3. The Bertz CT molecular complexity index is 1110. The topological polar surface area (TPSA) is 59.8 Å². The van der Waals surface area contributed by atoms with E-state index in [2.05, 4.69) is 35.8 Å². The van der Waals surface area contributed by atoms with Gasteiger partial charge in [0.2, 0.25) is 0 Å². The summed E-state index contributed by atoms with van der Waals surface area (Å²) >= 11 is 6.00. The van der Waals surface area contributed by atoms with Crippen molar-refractivity contribution < 1.29 is 9.18 Å². The van der Waals surface area contributed by atoms with Gasteiger partial charge in [-0.3, -0.25) is 4.79 Å². The van der Waals surface area contributed by atoms with Gasteiger partial charge in [0.25, 0.3) is 5.91 Å². The fraction of sp³-hybridized carbons (Fsp3) is 0.269. The van der Waals surface area contributed by atoms with Crippen LogP contribution in [0.5, 0.6) is 0 Å². The van der Waals surface area contributed by atoms with Gasteiger partial charge in [-0.2, -0.15) is 5.10 Å². The summed E-state index contributed by atoms with van der Waals surface area (Å²) in [6, 6.07) is 9.32. The summed E-state index contributed by atoms with van der Waals surface area (Å²) in [6.07, 6.45) is 8.53. The van der Waals surface area contributed by atoms with Crippen molar-refractivity contribution in [1.29, 1.82) is 0 Å². The Morgan fingerprint density at radius 3 is 2.45 bits per heavy atom. The van der Waals surface area contributed by atoms with Gasteiger partial charge in [0.15, 0.2) is 0 Å². The second-order valence-electron chi connectivity index (χ2n) is 7.29. The van der Waals surface area contributed by atoms with Crippen molar-refractivity contribution in [2.75, 3.05) is 0 Å². The van der Waals surface area contributed by atoms with Crippen molar-refractivity contribution in [3.8, 4) is 5.69 Å². The zero-order valence-corrected chi connectivity index (χ0v) is 20.2. The number of halogens is 2. The summed E-state index contributed by atoms with van der Waals surface area (Å²) in [6.45, 7) is 11.9. The number of rotatable bonds is 7. The van der Waals surface area contributed by atoms with Crippen LogP contribution in [0.3, 0.4) is 0 Å². The molecule has 0 radical (unpaired) electrons. The summed E-state index contributed by atoms with van der Waals surface area (Å²) in [4.78, 5) is 17.1. The summed E-state index contributed by atoms with van der Waals surface area (Å²) < 4.78 is 14.9. The molecule has 0 aliphatic rings. The van der Waals surface area contributed by atoms with Gasteiger partial charge in [0, 0.05) is 17.3 Å². The van der Waals surface area contributed by atoms with Crippen LogP contribution in [-0.2, 0) is 4.79 Å². The summed E-state index contributed by atoms with van der Waals surface area (Å²) in [5.41, 5.74) is 3.30. The summed E-state index contributed by atoms with van der Waals surface area (Å²) in [5.74, 6) is -0.569. The minimum atomic E-state index is -0.332. The van der Waals surface area contributed by atoms with Crippen molar-refractivity contribution in [3.63, 3.8) is 0 Å². The molecule has 2 heterocycles. The molecular weight excluding hydrogens is 439 g/mol. The molecule has 5 nitrogen and oxygen atoms in total. The number of hydrogen-bond acceptors (Lipinski definition) is 3. The summed E-state index contributed by atoms with van der Waals surface area (Å²) in [7, 11) is 0. The fourth-order valence-electron chi connectivity index (χ4n) is 3.25. The van der Waals surface area contributed by atoms with Gasteiger partial charge in [-0.15, -0.1) is 0 Å². The van der Waals surface area contributed by atoms with Crippen LogP contribution in [-0.4, -0.2) is 20.7 Å². The molecule has 1 aromatic carbocycles. The first kappa shape index (κ1) is 26.0. The predicted molar refractivity (Wildman–Crippen MR) is 134 cm³/mol. The molecule has 0 saturated heterocycles. The van der Waals surface area contributed by atoms with E-state index in [1.165, 1.54) is 18.6 Å². The van der Waals surface area contributed by atoms with Gasteiger partial charge >= 0.3 is 0 Å². The molecule has 1 N–H and O–H groups in total. The molecule has 0 spiro atoms. The molecule has 1 atom stereocenters. The van der Waals surface area contributed by atoms with Crippen molar-refractivity contribution in [2.24, 2.45) is 0 Å². The van der Waals surface area contributed by atoms with E-state index in [9.17, 15) is 9.18 Å². The molecule has 1 unspecified atom stereocenters. The van der Waals surface area contributed by atoms with Crippen LogP contribution in [0.1, 0.15) is 63.4 Å². The maximum Gasteiger partial charge on any atom is 0.252 e. The lowest BCUT2D eigenvalue weighted by Gasteiger charge is -2.19. The number of hydrogen-bond donors (Lipinski definition) is 1. The number of allylic oxidation sites excluding steroid dienone is 1. The Balaban J connectivity index is 0.00000122. The lowest BCUT2D eigenvalue weighted by atomic mass is 10.0. The van der Waals surface area contributed by atoms with E-state index >= 15 is 0 Å². The molecular formula is C26H30ClFN4O.